The summed E-state index contributed by atoms with van der Waals surface area (Å²) in [4.78, 5) is 28.0. The molecule has 2 aromatic heterocycles. The molecular weight excluding hydrogens is 396 g/mol. The van der Waals surface area contributed by atoms with E-state index in [4.69, 9.17) is 9.15 Å². The molecule has 0 spiro atoms. The lowest BCUT2D eigenvalue weighted by molar-refractivity contribution is -0.116. The zero-order chi connectivity index (χ0) is 21.8. The smallest absolute Gasteiger partial charge is 0.336 e. The van der Waals surface area contributed by atoms with Crippen molar-refractivity contribution in [3.8, 4) is 5.75 Å². The number of benzene rings is 2. The van der Waals surface area contributed by atoms with Crippen molar-refractivity contribution in [3.05, 3.63) is 82.2 Å². The fraction of sp³-hybridized carbons (Fsp3) is 0.217. The van der Waals surface area contributed by atoms with Crippen LogP contribution >= 0.6 is 0 Å². The van der Waals surface area contributed by atoms with E-state index < -0.39 is 5.63 Å². The molecule has 0 bridgehead atoms. The van der Waals surface area contributed by atoms with Crippen molar-refractivity contribution >= 4 is 22.6 Å². The number of amides is 1. The first-order valence-corrected chi connectivity index (χ1v) is 9.84. The summed E-state index contributed by atoms with van der Waals surface area (Å²) in [6.45, 7) is 2.48. The van der Waals surface area contributed by atoms with Gasteiger partial charge in [-0.1, -0.05) is 12.1 Å². The Morgan fingerprint density at radius 2 is 2.00 bits per heavy atom. The maximum Gasteiger partial charge on any atom is 0.336 e. The lowest BCUT2D eigenvalue weighted by atomic mass is 10.0. The van der Waals surface area contributed by atoms with Gasteiger partial charge in [-0.3, -0.25) is 4.79 Å². The quantitative estimate of drug-likeness (QED) is 0.462. The maximum absolute atomic E-state index is 12.5. The third kappa shape index (κ3) is 4.80. The summed E-state index contributed by atoms with van der Waals surface area (Å²) in [5, 5.41) is 7.83. The standard InChI is InChI=1S/C23H22N4O4/c1-15-9-23(29)31-21-11-20(30-2)17(10-19(15)21)5-8-22(28)26-18-6-3-16(4-7-18)12-27-14-24-13-25-27/h3-4,6-7,9-11,13-14H,5,8,12H2,1-2H3,(H,26,28). The fourth-order valence-electron chi connectivity index (χ4n) is 3.44. The predicted octanol–water partition coefficient (Wildman–Crippen LogP) is 3.32. The highest BCUT2D eigenvalue weighted by Crippen LogP contribution is 2.28. The molecule has 2 heterocycles. The van der Waals surface area contributed by atoms with Crippen LogP contribution in [-0.4, -0.2) is 27.8 Å². The summed E-state index contributed by atoms with van der Waals surface area (Å²) >= 11 is 0. The van der Waals surface area contributed by atoms with Crippen molar-refractivity contribution < 1.29 is 13.9 Å². The van der Waals surface area contributed by atoms with Gasteiger partial charge in [-0.15, -0.1) is 0 Å². The van der Waals surface area contributed by atoms with Gasteiger partial charge >= 0.3 is 5.63 Å². The molecule has 4 aromatic rings. The van der Waals surface area contributed by atoms with E-state index >= 15 is 0 Å². The average Bonchev–Trinajstić information content (AvgIpc) is 3.26. The molecular formula is C23H22N4O4. The summed E-state index contributed by atoms with van der Waals surface area (Å²) in [5.74, 6) is 0.494. The lowest BCUT2D eigenvalue weighted by Gasteiger charge is -2.11. The van der Waals surface area contributed by atoms with Gasteiger partial charge in [0.15, 0.2) is 0 Å². The Labute approximate surface area is 178 Å². The molecule has 0 atom stereocenters. The SMILES string of the molecule is COc1cc2oc(=O)cc(C)c2cc1CCC(=O)Nc1ccc(Cn2cncn2)cc1. The average molecular weight is 418 g/mol. The third-order valence-electron chi connectivity index (χ3n) is 5.02. The number of nitrogens with one attached hydrogen (secondary N) is 1. The van der Waals surface area contributed by atoms with E-state index in [2.05, 4.69) is 15.4 Å². The van der Waals surface area contributed by atoms with Gasteiger partial charge in [0.1, 0.15) is 24.0 Å². The van der Waals surface area contributed by atoms with Gasteiger partial charge in [-0.25, -0.2) is 14.5 Å². The summed E-state index contributed by atoms with van der Waals surface area (Å²) in [5.41, 5.74) is 3.57. The van der Waals surface area contributed by atoms with E-state index in [0.29, 0.717) is 30.7 Å². The second kappa shape index (κ2) is 8.83. The summed E-state index contributed by atoms with van der Waals surface area (Å²) in [7, 11) is 1.56. The number of hydrogen-bond donors (Lipinski definition) is 1. The van der Waals surface area contributed by atoms with Crippen molar-refractivity contribution in [2.24, 2.45) is 0 Å². The summed E-state index contributed by atoms with van der Waals surface area (Å²) < 4.78 is 12.4. The van der Waals surface area contributed by atoms with Crippen LogP contribution in [0.2, 0.25) is 0 Å². The molecule has 31 heavy (non-hydrogen) atoms. The first kappa shape index (κ1) is 20.3. The highest BCUT2D eigenvalue weighted by Gasteiger charge is 2.12. The zero-order valence-electron chi connectivity index (χ0n) is 17.3. The monoisotopic (exact) mass is 418 g/mol. The molecule has 0 aliphatic rings. The van der Waals surface area contributed by atoms with Crippen LogP contribution in [-0.2, 0) is 17.8 Å². The Kier molecular flexibility index (Phi) is 5.79. The minimum absolute atomic E-state index is 0.0949. The van der Waals surface area contributed by atoms with Crippen LogP contribution in [0.4, 0.5) is 5.69 Å². The normalized spacial score (nSPS) is 10.9. The highest BCUT2D eigenvalue weighted by molar-refractivity contribution is 5.91. The summed E-state index contributed by atoms with van der Waals surface area (Å²) in [6, 6.07) is 12.7. The van der Waals surface area contributed by atoms with Crippen molar-refractivity contribution in [2.75, 3.05) is 12.4 Å². The second-order valence-electron chi connectivity index (χ2n) is 7.25. The number of carbonyl (C=O) groups excluding carboxylic acids is 1. The van der Waals surface area contributed by atoms with Gasteiger partial charge in [0, 0.05) is 29.6 Å². The molecule has 0 fully saturated rings. The van der Waals surface area contributed by atoms with E-state index in [-0.39, 0.29) is 5.91 Å². The molecule has 0 saturated carbocycles. The predicted molar refractivity (Wildman–Crippen MR) is 116 cm³/mol. The molecule has 1 amide bonds. The van der Waals surface area contributed by atoms with Crippen LogP contribution in [0, 0.1) is 6.92 Å². The topological polar surface area (TPSA) is 99.2 Å². The first-order chi connectivity index (χ1) is 15.0. The molecule has 0 radical (unpaired) electrons. The van der Waals surface area contributed by atoms with E-state index in [1.165, 1.54) is 12.4 Å². The number of nitrogens with zero attached hydrogens (tertiary/aromatic N) is 3. The summed E-state index contributed by atoms with van der Waals surface area (Å²) in [6.07, 6.45) is 3.94. The van der Waals surface area contributed by atoms with E-state index in [1.807, 2.05) is 37.3 Å². The number of hydrogen-bond acceptors (Lipinski definition) is 6. The molecule has 4 rings (SSSR count). The van der Waals surface area contributed by atoms with Gasteiger partial charge in [-0.05, 0) is 48.2 Å². The number of aryl methyl sites for hydroxylation is 2. The van der Waals surface area contributed by atoms with Crippen LogP contribution < -0.4 is 15.7 Å². The van der Waals surface area contributed by atoms with E-state index in [1.54, 1.807) is 24.2 Å². The lowest BCUT2D eigenvalue weighted by Crippen LogP contribution is -2.12. The Morgan fingerprint density at radius 3 is 2.71 bits per heavy atom. The minimum atomic E-state index is -0.397. The van der Waals surface area contributed by atoms with Crippen molar-refractivity contribution in [1.29, 1.82) is 0 Å². The molecule has 0 aliphatic carbocycles. The van der Waals surface area contributed by atoms with Crippen molar-refractivity contribution in [1.82, 2.24) is 14.8 Å². The number of aromatic nitrogens is 3. The maximum atomic E-state index is 12.5. The van der Waals surface area contributed by atoms with Crippen LogP contribution in [0.3, 0.4) is 0 Å². The molecule has 158 valence electrons. The number of ether oxygens (including phenoxy) is 1. The Bertz CT molecular complexity index is 1260. The van der Waals surface area contributed by atoms with Gasteiger partial charge in [0.05, 0.1) is 13.7 Å². The third-order valence-corrected chi connectivity index (χ3v) is 5.02. The number of methoxy groups -OCH3 is 1. The molecule has 0 saturated heterocycles. The van der Waals surface area contributed by atoms with Gasteiger partial charge in [0.2, 0.25) is 5.91 Å². The fourth-order valence-corrected chi connectivity index (χ4v) is 3.44. The number of rotatable bonds is 7. The Balaban J connectivity index is 1.41. The van der Waals surface area contributed by atoms with Gasteiger partial charge < -0.3 is 14.5 Å². The van der Waals surface area contributed by atoms with Gasteiger partial charge in [-0.2, -0.15) is 5.10 Å². The minimum Gasteiger partial charge on any atom is -0.496 e. The molecule has 2 aromatic carbocycles. The van der Waals surface area contributed by atoms with Crippen LogP contribution in [0.1, 0.15) is 23.1 Å². The van der Waals surface area contributed by atoms with Crippen LogP contribution in [0.25, 0.3) is 11.0 Å². The molecule has 0 unspecified atom stereocenters. The Hall–Kier alpha value is -3.94. The second-order valence-corrected chi connectivity index (χ2v) is 7.25. The highest BCUT2D eigenvalue weighted by atomic mass is 16.5. The number of carbonyl (C=O) groups is 1. The van der Waals surface area contributed by atoms with Crippen molar-refractivity contribution in [2.45, 2.75) is 26.3 Å². The first-order valence-electron chi connectivity index (χ1n) is 9.84. The van der Waals surface area contributed by atoms with Crippen molar-refractivity contribution in [3.63, 3.8) is 0 Å². The largest absolute Gasteiger partial charge is 0.496 e. The van der Waals surface area contributed by atoms with Crippen LogP contribution in [0.15, 0.2) is 64.3 Å². The van der Waals surface area contributed by atoms with Gasteiger partial charge in [0.25, 0.3) is 0 Å². The molecule has 0 aliphatic heterocycles. The van der Waals surface area contributed by atoms with E-state index in [9.17, 15) is 9.59 Å². The Morgan fingerprint density at radius 1 is 1.19 bits per heavy atom. The molecule has 8 heteroatoms. The number of fused-ring (bicyclic) bond motifs is 1. The molecule has 1 N–H and O–H groups in total. The molecule has 8 nitrogen and oxygen atoms in total. The number of anilines is 1. The zero-order valence-corrected chi connectivity index (χ0v) is 17.3. The van der Waals surface area contributed by atoms with E-state index in [0.717, 1.165) is 27.8 Å². The van der Waals surface area contributed by atoms with Crippen LogP contribution in [0.5, 0.6) is 5.75 Å².